The molecule has 1 amide bonds. The Bertz CT molecular complexity index is 668. The minimum Gasteiger partial charge on any atom is -0.451 e. The Hall–Kier alpha value is -1.30. The van der Waals surface area contributed by atoms with Crippen LogP contribution in [0.3, 0.4) is 0 Å². The maximum Gasteiger partial charge on any atom is 0.228 e. The second kappa shape index (κ2) is 4.67. The summed E-state index contributed by atoms with van der Waals surface area (Å²) >= 11 is 9.33. The largest absolute Gasteiger partial charge is 0.451 e. The van der Waals surface area contributed by atoms with Crippen LogP contribution in [-0.4, -0.2) is 11.0 Å². The number of hydrogen-bond donors (Lipinski definition) is 2. The lowest BCUT2D eigenvalue weighted by atomic mass is 10.0. The number of amides is 1. The van der Waals surface area contributed by atoms with Gasteiger partial charge in [0.1, 0.15) is 11.9 Å². The topological polar surface area (TPSA) is 62.5 Å². The number of furan rings is 1. The van der Waals surface area contributed by atoms with E-state index in [0.29, 0.717) is 33.1 Å². The second-order valence-electron chi connectivity index (χ2n) is 4.30. The number of hydrogen-bond acceptors (Lipinski definition) is 3. The molecule has 1 aliphatic heterocycles. The van der Waals surface area contributed by atoms with Crippen molar-refractivity contribution < 1.29 is 14.3 Å². The molecular formula is C13H9BrClNO3. The lowest BCUT2D eigenvalue weighted by Crippen LogP contribution is -2.03. The number of nitrogens with one attached hydrogen (secondary N) is 1. The Morgan fingerprint density at radius 3 is 2.89 bits per heavy atom. The van der Waals surface area contributed by atoms with Crippen molar-refractivity contribution in [3.05, 3.63) is 50.8 Å². The van der Waals surface area contributed by atoms with Gasteiger partial charge < -0.3 is 14.8 Å². The molecule has 0 bridgehead atoms. The van der Waals surface area contributed by atoms with Gasteiger partial charge in [0.15, 0.2) is 4.67 Å². The second-order valence-corrected chi connectivity index (χ2v) is 5.49. The summed E-state index contributed by atoms with van der Waals surface area (Å²) in [6.45, 7) is 0. The zero-order valence-electron chi connectivity index (χ0n) is 9.61. The Balaban J connectivity index is 2.02. The molecule has 2 aromatic rings. The molecule has 19 heavy (non-hydrogen) atoms. The molecule has 0 spiro atoms. The number of carbonyl (C=O) groups excluding carboxylic acids is 1. The summed E-state index contributed by atoms with van der Waals surface area (Å²) in [6.07, 6.45) is -0.659. The third-order valence-electron chi connectivity index (χ3n) is 3.01. The fraction of sp³-hybridized carbons (Fsp3) is 0.154. The van der Waals surface area contributed by atoms with Gasteiger partial charge in [-0.05, 0) is 45.8 Å². The monoisotopic (exact) mass is 341 g/mol. The predicted molar refractivity (Wildman–Crippen MR) is 74.3 cm³/mol. The molecule has 98 valence electrons. The normalized spacial score (nSPS) is 15.2. The number of carbonyl (C=O) groups is 1. The SMILES string of the molecule is O=C1Cc2cc(C(O)c3ccc(Br)o3)c(Cl)cc2N1. The van der Waals surface area contributed by atoms with Gasteiger partial charge in [-0.1, -0.05) is 11.6 Å². The van der Waals surface area contributed by atoms with Crippen LogP contribution < -0.4 is 5.32 Å². The molecule has 0 aliphatic carbocycles. The van der Waals surface area contributed by atoms with Crippen LogP contribution in [0, 0.1) is 0 Å². The first-order valence-corrected chi connectivity index (χ1v) is 6.77. The molecule has 1 aliphatic rings. The highest BCUT2D eigenvalue weighted by Gasteiger charge is 2.24. The summed E-state index contributed by atoms with van der Waals surface area (Å²) in [7, 11) is 0. The van der Waals surface area contributed by atoms with E-state index in [1.807, 2.05) is 0 Å². The molecule has 6 heteroatoms. The third kappa shape index (κ3) is 2.29. The standard InChI is InChI=1S/C13H9BrClNO3/c14-11-2-1-10(19-11)13(18)7-3-6-4-12(17)16-9(6)5-8(7)15/h1-3,5,13,18H,4H2,(H,16,17). The van der Waals surface area contributed by atoms with Gasteiger partial charge in [0, 0.05) is 16.3 Å². The molecule has 0 fully saturated rings. The van der Waals surface area contributed by atoms with E-state index in [4.69, 9.17) is 16.0 Å². The van der Waals surface area contributed by atoms with Gasteiger partial charge >= 0.3 is 0 Å². The fourth-order valence-corrected chi connectivity index (χ4v) is 2.69. The molecule has 3 rings (SSSR count). The lowest BCUT2D eigenvalue weighted by Gasteiger charge is -2.12. The Morgan fingerprint density at radius 1 is 1.42 bits per heavy atom. The summed E-state index contributed by atoms with van der Waals surface area (Å²) in [5.41, 5.74) is 2.06. The maximum atomic E-state index is 11.3. The van der Waals surface area contributed by atoms with Crippen LogP contribution >= 0.6 is 27.5 Å². The number of halogens is 2. The molecular weight excluding hydrogens is 334 g/mol. The highest BCUT2D eigenvalue weighted by Crippen LogP contribution is 2.36. The van der Waals surface area contributed by atoms with Gasteiger partial charge in [-0.25, -0.2) is 0 Å². The van der Waals surface area contributed by atoms with E-state index < -0.39 is 6.10 Å². The minimum atomic E-state index is -0.959. The molecule has 1 aromatic carbocycles. The molecule has 1 atom stereocenters. The van der Waals surface area contributed by atoms with E-state index in [0.717, 1.165) is 5.56 Å². The smallest absolute Gasteiger partial charge is 0.228 e. The van der Waals surface area contributed by atoms with Crippen LogP contribution in [0.2, 0.25) is 5.02 Å². The Kier molecular flexibility index (Phi) is 3.12. The van der Waals surface area contributed by atoms with Crippen LogP contribution in [0.1, 0.15) is 23.0 Å². The summed E-state index contributed by atoms with van der Waals surface area (Å²) in [6, 6.07) is 6.75. The summed E-state index contributed by atoms with van der Waals surface area (Å²) in [4.78, 5) is 11.3. The maximum absolute atomic E-state index is 11.3. The molecule has 1 aromatic heterocycles. The van der Waals surface area contributed by atoms with Gasteiger partial charge in [0.25, 0.3) is 0 Å². The molecule has 2 N–H and O–H groups in total. The summed E-state index contributed by atoms with van der Waals surface area (Å²) in [5, 5.41) is 13.4. The zero-order chi connectivity index (χ0) is 13.6. The van der Waals surface area contributed by atoms with Crippen molar-refractivity contribution in [2.75, 3.05) is 5.32 Å². The van der Waals surface area contributed by atoms with Crippen LogP contribution in [0.25, 0.3) is 0 Å². The van der Waals surface area contributed by atoms with Crippen LogP contribution in [0.15, 0.2) is 33.4 Å². The van der Waals surface area contributed by atoms with Crippen LogP contribution in [-0.2, 0) is 11.2 Å². The molecule has 2 heterocycles. The van der Waals surface area contributed by atoms with Crippen molar-refractivity contribution >= 4 is 39.1 Å². The van der Waals surface area contributed by atoms with Crippen molar-refractivity contribution in [1.29, 1.82) is 0 Å². The number of fused-ring (bicyclic) bond motifs is 1. The van der Waals surface area contributed by atoms with Crippen molar-refractivity contribution in [2.24, 2.45) is 0 Å². The highest BCUT2D eigenvalue weighted by molar-refractivity contribution is 9.10. The zero-order valence-corrected chi connectivity index (χ0v) is 12.0. The Morgan fingerprint density at radius 2 is 2.21 bits per heavy atom. The average Bonchev–Trinajstić information content (AvgIpc) is 2.92. The Labute approximate surface area is 122 Å². The molecule has 0 radical (unpaired) electrons. The quantitative estimate of drug-likeness (QED) is 0.880. The van der Waals surface area contributed by atoms with Crippen molar-refractivity contribution in [1.82, 2.24) is 0 Å². The third-order valence-corrected chi connectivity index (χ3v) is 3.76. The lowest BCUT2D eigenvalue weighted by molar-refractivity contribution is -0.115. The van der Waals surface area contributed by atoms with E-state index in [1.54, 1.807) is 24.3 Å². The fourth-order valence-electron chi connectivity index (χ4n) is 2.11. The van der Waals surface area contributed by atoms with E-state index >= 15 is 0 Å². The van der Waals surface area contributed by atoms with Gasteiger partial charge in [-0.3, -0.25) is 4.79 Å². The van der Waals surface area contributed by atoms with Gasteiger partial charge in [0.05, 0.1) is 6.42 Å². The molecule has 1 unspecified atom stereocenters. The predicted octanol–water partition coefficient (Wildman–Crippen LogP) is 3.27. The number of benzene rings is 1. The minimum absolute atomic E-state index is 0.0709. The van der Waals surface area contributed by atoms with Crippen LogP contribution in [0.4, 0.5) is 5.69 Å². The average molecular weight is 343 g/mol. The molecule has 4 nitrogen and oxygen atoms in total. The highest BCUT2D eigenvalue weighted by atomic mass is 79.9. The van der Waals surface area contributed by atoms with E-state index in [9.17, 15) is 9.90 Å². The first-order chi connectivity index (χ1) is 9.04. The first kappa shape index (κ1) is 12.7. The van der Waals surface area contributed by atoms with Gasteiger partial charge in [-0.15, -0.1) is 0 Å². The number of aliphatic hydroxyl groups excluding tert-OH is 1. The number of aliphatic hydroxyl groups is 1. The van der Waals surface area contributed by atoms with Gasteiger partial charge in [-0.2, -0.15) is 0 Å². The number of rotatable bonds is 2. The van der Waals surface area contributed by atoms with E-state index in [1.165, 1.54) is 0 Å². The van der Waals surface area contributed by atoms with Crippen molar-refractivity contribution in [2.45, 2.75) is 12.5 Å². The van der Waals surface area contributed by atoms with Gasteiger partial charge in [0.2, 0.25) is 5.91 Å². The number of anilines is 1. The molecule has 0 saturated carbocycles. The van der Waals surface area contributed by atoms with E-state index in [-0.39, 0.29) is 5.91 Å². The van der Waals surface area contributed by atoms with Crippen LogP contribution in [0.5, 0.6) is 0 Å². The van der Waals surface area contributed by atoms with Crippen molar-refractivity contribution in [3.8, 4) is 0 Å². The molecule has 0 saturated heterocycles. The van der Waals surface area contributed by atoms with Crippen molar-refractivity contribution in [3.63, 3.8) is 0 Å². The van der Waals surface area contributed by atoms with E-state index in [2.05, 4.69) is 21.2 Å². The first-order valence-electron chi connectivity index (χ1n) is 5.60. The summed E-state index contributed by atoms with van der Waals surface area (Å²) in [5.74, 6) is 0.324. The summed E-state index contributed by atoms with van der Waals surface area (Å²) < 4.78 is 5.86.